The van der Waals surface area contributed by atoms with E-state index in [1.54, 1.807) is 11.1 Å². The first-order valence-electron chi connectivity index (χ1n) is 9.71. The summed E-state index contributed by atoms with van der Waals surface area (Å²) in [7, 11) is 0. The predicted molar refractivity (Wildman–Crippen MR) is 121 cm³/mol. The molecule has 0 fully saturated rings. The molecule has 0 spiro atoms. The molecule has 0 radical (unpaired) electrons. The summed E-state index contributed by atoms with van der Waals surface area (Å²) in [5.74, 6) is -0.191. The van der Waals surface area contributed by atoms with Crippen LogP contribution in [0.25, 0.3) is 21.3 Å². The summed E-state index contributed by atoms with van der Waals surface area (Å²) in [6.45, 7) is 0.511. The topological polar surface area (TPSA) is 59.0 Å². The second-order valence-corrected chi connectivity index (χ2v) is 7.91. The number of amides is 1. The number of thiazole rings is 1. The molecule has 30 heavy (non-hydrogen) atoms. The Morgan fingerprint density at radius 3 is 2.30 bits per heavy atom. The van der Waals surface area contributed by atoms with Crippen LogP contribution < -0.4 is 4.90 Å². The van der Waals surface area contributed by atoms with Crippen LogP contribution in [0.15, 0.2) is 85.1 Å². The van der Waals surface area contributed by atoms with E-state index in [4.69, 9.17) is 4.98 Å². The lowest BCUT2D eigenvalue weighted by molar-refractivity contribution is 0.0982. The molecule has 5 rings (SSSR count). The molecule has 146 valence electrons. The first kappa shape index (κ1) is 18.4. The number of nitrogens with zero attached hydrogens (tertiary/aromatic N) is 4. The molecule has 5 aromatic rings. The van der Waals surface area contributed by atoms with E-state index in [0.717, 1.165) is 22.2 Å². The van der Waals surface area contributed by atoms with Crippen LogP contribution in [0.3, 0.4) is 0 Å². The van der Waals surface area contributed by atoms with Gasteiger partial charge in [0.25, 0.3) is 5.91 Å². The smallest absolute Gasteiger partial charge is 0.280 e. The molecule has 0 saturated heterocycles. The fourth-order valence-corrected chi connectivity index (χ4v) is 4.33. The van der Waals surface area contributed by atoms with Gasteiger partial charge >= 0.3 is 0 Å². The van der Waals surface area contributed by atoms with Crippen molar-refractivity contribution in [1.82, 2.24) is 15.0 Å². The maximum absolute atomic E-state index is 13.5. The lowest BCUT2D eigenvalue weighted by atomic mass is 10.1. The molecular formula is C24H18N4OS. The third-order valence-corrected chi connectivity index (χ3v) is 5.95. The molecule has 1 amide bonds. The second-order valence-electron chi connectivity index (χ2n) is 6.90. The Balaban J connectivity index is 1.52. The Labute approximate surface area is 177 Å². The van der Waals surface area contributed by atoms with Crippen LogP contribution >= 0.6 is 11.3 Å². The third-order valence-electron chi connectivity index (χ3n) is 4.89. The number of rotatable bonds is 5. The van der Waals surface area contributed by atoms with Gasteiger partial charge in [-0.05, 0) is 36.2 Å². The van der Waals surface area contributed by atoms with Crippen molar-refractivity contribution < 1.29 is 4.79 Å². The van der Waals surface area contributed by atoms with Crippen molar-refractivity contribution in [2.45, 2.75) is 6.42 Å². The lowest BCUT2D eigenvalue weighted by Crippen LogP contribution is -2.33. The second kappa shape index (κ2) is 8.00. The maximum atomic E-state index is 13.5. The van der Waals surface area contributed by atoms with E-state index in [0.29, 0.717) is 22.9 Å². The monoisotopic (exact) mass is 410 g/mol. The average Bonchev–Trinajstić information content (AvgIpc) is 3.23. The van der Waals surface area contributed by atoms with E-state index < -0.39 is 0 Å². The quantitative estimate of drug-likeness (QED) is 0.403. The van der Waals surface area contributed by atoms with E-state index >= 15 is 0 Å². The van der Waals surface area contributed by atoms with Crippen molar-refractivity contribution in [3.8, 4) is 0 Å². The first-order valence-corrected chi connectivity index (χ1v) is 10.5. The molecule has 2 aromatic heterocycles. The fraction of sp³-hybridized carbons (Fsp3) is 0.0833. The standard InChI is InChI=1S/C24H18N4OS/c29-23(21-16-25-18-10-4-5-11-19(18)26-21)28(15-14-17-8-2-1-3-9-17)24-27-20-12-6-7-13-22(20)30-24/h1-13,16H,14-15H2. The highest BCUT2D eigenvalue weighted by Gasteiger charge is 2.23. The Bertz CT molecular complexity index is 1300. The molecule has 0 N–H and O–H groups in total. The zero-order valence-electron chi connectivity index (χ0n) is 16.1. The molecule has 0 atom stereocenters. The van der Waals surface area contributed by atoms with Crippen molar-refractivity contribution in [3.63, 3.8) is 0 Å². The number of anilines is 1. The van der Waals surface area contributed by atoms with Crippen molar-refractivity contribution in [1.29, 1.82) is 0 Å². The van der Waals surface area contributed by atoms with Crippen molar-refractivity contribution in [3.05, 3.63) is 96.3 Å². The highest BCUT2D eigenvalue weighted by atomic mass is 32.1. The number of para-hydroxylation sites is 3. The Hall–Kier alpha value is -3.64. The van der Waals surface area contributed by atoms with Gasteiger partial charge in [-0.3, -0.25) is 14.7 Å². The number of benzene rings is 3. The van der Waals surface area contributed by atoms with Gasteiger partial charge in [0.15, 0.2) is 5.13 Å². The van der Waals surface area contributed by atoms with Crippen LogP contribution in [0.1, 0.15) is 16.1 Å². The predicted octanol–water partition coefficient (Wildman–Crippen LogP) is 5.13. The molecule has 5 nitrogen and oxygen atoms in total. The molecule has 0 aliphatic heterocycles. The van der Waals surface area contributed by atoms with E-state index in [1.165, 1.54) is 16.9 Å². The summed E-state index contributed by atoms with van der Waals surface area (Å²) in [6, 6.07) is 25.6. The zero-order chi connectivity index (χ0) is 20.3. The van der Waals surface area contributed by atoms with Gasteiger partial charge in [-0.15, -0.1) is 0 Å². The summed E-state index contributed by atoms with van der Waals surface area (Å²) in [4.78, 5) is 28.9. The lowest BCUT2D eigenvalue weighted by Gasteiger charge is -2.19. The minimum Gasteiger partial charge on any atom is -0.282 e. The van der Waals surface area contributed by atoms with E-state index in [2.05, 4.69) is 22.1 Å². The van der Waals surface area contributed by atoms with Gasteiger partial charge in [0, 0.05) is 6.54 Å². The molecule has 2 heterocycles. The van der Waals surface area contributed by atoms with E-state index in [9.17, 15) is 4.79 Å². The van der Waals surface area contributed by atoms with Gasteiger partial charge in [-0.2, -0.15) is 0 Å². The van der Waals surface area contributed by atoms with Gasteiger partial charge in [0.2, 0.25) is 0 Å². The van der Waals surface area contributed by atoms with Gasteiger partial charge in [-0.25, -0.2) is 9.97 Å². The number of carbonyl (C=O) groups is 1. The molecule has 0 bridgehead atoms. The zero-order valence-corrected chi connectivity index (χ0v) is 16.9. The summed E-state index contributed by atoms with van der Waals surface area (Å²) in [5, 5.41) is 0.673. The Morgan fingerprint density at radius 2 is 1.50 bits per heavy atom. The molecule has 0 aliphatic carbocycles. The number of hydrogen-bond acceptors (Lipinski definition) is 5. The number of carbonyl (C=O) groups excluding carboxylic acids is 1. The summed E-state index contributed by atoms with van der Waals surface area (Å²) in [5.41, 5.74) is 3.85. The summed E-state index contributed by atoms with van der Waals surface area (Å²) in [6.07, 6.45) is 2.27. The van der Waals surface area contributed by atoms with Crippen molar-refractivity contribution >= 4 is 43.6 Å². The molecular weight excluding hydrogens is 392 g/mol. The minimum atomic E-state index is -0.191. The van der Waals surface area contributed by atoms with Crippen LogP contribution in [-0.2, 0) is 6.42 Å². The van der Waals surface area contributed by atoms with E-state index in [1.807, 2.05) is 66.7 Å². The van der Waals surface area contributed by atoms with Crippen LogP contribution in [-0.4, -0.2) is 27.4 Å². The first-order chi connectivity index (χ1) is 14.8. The van der Waals surface area contributed by atoms with Gasteiger partial charge in [-0.1, -0.05) is 65.9 Å². The minimum absolute atomic E-state index is 0.191. The third kappa shape index (κ3) is 3.65. The Kier molecular flexibility index (Phi) is 4.91. The molecule has 0 unspecified atom stereocenters. The summed E-state index contributed by atoms with van der Waals surface area (Å²) < 4.78 is 1.05. The SMILES string of the molecule is O=C(c1cnc2ccccc2n1)N(CCc1ccccc1)c1nc2ccccc2s1. The van der Waals surface area contributed by atoms with Gasteiger partial charge < -0.3 is 0 Å². The Morgan fingerprint density at radius 1 is 0.800 bits per heavy atom. The molecule has 3 aromatic carbocycles. The molecule has 6 heteroatoms. The van der Waals surface area contributed by atoms with Crippen molar-refractivity contribution in [2.24, 2.45) is 0 Å². The van der Waals surface area contributed by atoms with Gasteiger partial charge in [0.1, 0.15) is 5.69 Å². The molecule has 0 saturated carbocycles. The fourth-order valence-electron chi connectivity index (χ4n) is 3.34. The van der Waals surface area contributed by atoms with E-state index in [-0.39, 0.29) is 5.91 Å². The van der Waals surface area contributed by atoms with Crippen molar-refractivity contribution in [2.75, 3.05) is 11.4 Å². The highest BCUT2D eigenvalue weighted by Crippen LogP contribution is 2.29. The highest BCUT2D eigenvalue weighted by molar-refractivity contribution is 7.22. The largest absolute Gasteiger partial charge is 0.282 e. The van der Waals surface area contributed by atoms with Crippen LogP contribution in [0.2, 0.25) is 0 Å². The van der Waals surface area contributed by atoms with Crippen LogP contribution in [0.4, 0.5) is 5.13 Å². The summed E-state index contributed by atoms with van der Waals surface area (Å²) >= 11 is 1.51. The number of fused-ring (bicyclic) bond motifs is 2. The average molecular weight is 411 g/mol. The maximum Gasteiger partial charge on any atom is 0.280 e. The molecule has 0 aliphatic rings. The van der Waals surface area contributed by atoms with Crippen LogP contribution in [0.5, 0.6) is 0 Å². The number of hydrogen-bond donors (Lipinski definition) is 0. The van der Waals surface area contributed by atoms with Crippen LogP contribution in [0, 0.1) is 0 Å². The number of aromatic nitrogens is 3. The van der Waals surface area contributed by atoms with Gasteiger partial charge in [0.05, 0.1) is 27.4 Å². The normalized spacial score (nSPS) is 11.1.